The highest BCUT2D eigenvalue weighted by Crippen LogP contribution is 2.24. The van der Waals surface area contributed by atoms with E-state index in [0.717, 1.165) is 23.5 Å². The van der Waals surface area contributed by atoms with Crippen LogP contribution in [0.1, 0.15) is 35.2 Å². The first-order valence-corrected chi connectivity index (χ1v) is 6.46. The minimum atomic E-state index is -0.423. The largest absolute Gasteiger partial charge is 0.456 e. The van der Waals surface area contributed by atoms with Gasteiger partial charge in [-0.05, 0) is 19.4 Å². The summed E-state index contributed by atoms with van der Waals surface area (Å²) < 4.78 is 5.30. The summed E-state index contributed by atoms with van der Waals surface area (Å²) in [5.41, 5.74) is 3.02. The van der Waals surface area contributed by atoms with Crippen molar-refractivity contribution in [1.82, 2.24) is 5.43 Å². The third-order valence-electron chi connectivity index (χ3n) is 2.43. The van der Waals surface area contributed by atoms with E-state index in [4.69, 9.17) is 15.4 Å². The molecule has 6 heteroatoms. The molecule has 1 unspecified atom stereocenters. The van der Waals surface area contributed by atoms with Crippen LogP contribution in [0.4, 0.5) is 0 Å². The number of furan rings is 1. The standard InChI is InChI=1S/C11H18N2O3S/c1-7(3-4-14)17-6-9-5-10(11(15)13-12)16-8(9)2/h5,7,14H,3-4,6,12H2,1-2H3,(H,13,15). The summed E-state index contributed by atoms with van der Waals surface area (Å²) in [7, 11) is 0. The maximum Gasteiger partial charge on any atom is 0.300 e. The zero-order chi connectivity index (χ0) is 12.8. The van der Waals surface area contributed by atoms with E-state index in [1.165, 1.54) is 0 Å². The van der Waals surface area contributed by atoms with Crippen molar-refractivity contribution in [2.45, 2.75) is 31.3 Å². The van der Waals surface area contributed by atoms with E-state index in [0.29, 0.717) is 5.25 Å². The van der Waals surface area contributed by atoms with Crippen molar-refractivity contribution in [1.29, 1.82) is 0 Å². The Hall–Kier alpha value is -0.980. The molecule has 1 aromatic rings. The fourth-order valence-corrected chi connectivity index (χ4v) is 2.37. The predicted octanol–water partition coefficient (Wildman–Crippen LogP) is 1.20. The van der Waals surface area contributed by atoms with Crippen LogP contribution in [-0.2, 0) is 5.75 Å². The van der Waals surface area contributed by atoms with Crippen LogP contribution >= 0.6 is 11.8 Å². The molecule has 0 saturated carbocycles. The minimum absolute atomic E-state index is 0.194. The maximum atomic E-state index is 11.2. The van der Waals surface area contributed by atoms with Crippen molar-refractivity contribution in [3.05, 3.63) is 23.2 Å². The number of hydrogen-bond acceptors (Lipinski definition) is 5. The number of thioether (sulfide) groups is 1. The van der Waals surface area contributed by atoms with Gasteiger partial charge in [0.05, 0.1) is 0 Å². The van der Waals surface area contributed by atoms with Crippen LogP contribution in [0.15, 0.2) is 10.5 Å². The molecule has 0 aliphatic rings. The molecule has 1 aromatic heterocycles. The highest BCUT2D eigenvalue weighted by atomic mass is 32.2. The first-order valence-electron chi connectivity index (χ1n) is 5.41. The number of aliphatic hydroxyl groups excluding tert-OH is 1. The molecule has 1 heterocycles. The second-order valence-electron chi connectivity index (χ2n) is 3.80. The molecule has 0 spiro atoms. The fraction of sp³-hybridized carbons (Fsp3) is 0.545. The van der Waals surface area contributed by atoms with Gasteiger partial charge in [0.2, 0.25) is 0 Å². The van der Waals surface area contributed by atoms with Crippen molar-refractivity contribution in [2.24, 2.45) is 5.84 Å². The van der Waals surface area contributed by atoms with Gasteiger partial charge in [0.25, 0.3) is 0 Å². The SMILES string of the molecule is Cc1oc(C(=O)NN)cc1CSC(C)CCO. The third-order valence-corrected chi connectivity index (χ3v) is 3.72. The summed E-state index contributed by atoms with van der Waals surface area (Å²) >= 11 is 1.72. The Morgan fingerprint density at radius 1 is 1.71 bits per heavy atom. The van der Waals surface area contributed by atoms with Crippen LogP contribution in [0.3, 0.4) is 0 Å². The number of rotatable bonds is 6. The minimum Gasteiger partial charge on any atom is -0.456 e. The molecule has 0 radical (unpaired) electrons. The topological polar surface area (TPSA) is 88.5 Å². The van der Waals surface area contributed by atoms with E-state index >= 15 is 0 Å². The lowest BCUT2D eigenvalue weighted by molar-refractivity contribution is 0.0924. The van der Waals surface area contributed by atoms with Crippen LogP contribution in [-0.4, -0.2) is 22.9 Å². The summed E-state index contributed by atoms with van der Waals surface area (Å²) in [6.07, 6.45) is 0.762. The van der Waals surface area contributed by atoms with Crippen LogP contribution < -0.4 is 11.3 Å². The lowest BCUT2D eigenvalue weighted by Gasteiger charge is -2.07. The van der Waals surface area contributed by atoms with Crippen LogP contribution in [0.25, 0.3) is 0 Å². The number of amides is 1. The van der Waals surface area contributed by atoms with E-state index in [2.05, 4.69) is 6.92 Å². The number of nitrogen functional groups attached to an aromatic ring is 1. The molecule has 4 N–H and O–H groups in total. The maximum absolute atomic E-state index is 11.2. The second-order valence-corrected chi connectivity index (χ2v) is 5.23. The van der Waals surface area contributed by atoms with Crippen molar-refractivity contribution in [3.8, 4) is 0 Å². The molecule has 1 amide bonds. The van der Waals surface area contributed by atoms with Crippen LogP contribution in [0.2, 0.25) is 0 Å². The van der Waals surface area contributed by atoms with E-state index in [1.807, 2.05) is 12.3 Å². The highest BCUT2D eigenvalue weighted by Gasteiger charge is 2.14. The van der Waals surface area contributed by atoms with Gasteiger partial charge in [-0.1, -0.05) is 6.92 Å². The monoisotopic (exact) mass is 258 g/mol. The Morgan fingerprint density at radius 2 is 2.41 bits per heavy atom. The average molecular weight is 258 g/mol. The summed E-state index contributed by atoms with van der Waals surface area (Å²) in [5.74, 6) is 6.33. The number of nitrogens with one attached hydrogen (secondary N) is 1. The summed E-state index contributed by atoms with van der Waals surface area (Å²) in [5, 5.41) is 9.17. The van der Waals surface area contributed by atoms with Crippen molar-refractivity contribution in [3.63, 3.8) is 0 Å². The molecule has 0 saturated heterocycles. The molecule has 0 fully saturated rings. The zero-order valence-electron chi connectivity index (χ0n) is 10.0. The number of carbonyl (C=O) groups excluding carboxylic acids is 1. The normalized spacial score (nSPS) is 12.5. The molecule has 0 aromatic carbocycles. The van der Waals surface area contributed by atoms with Gasteiger partial charge in [-0.25, -0.2) is 5.84 Å². The third kappa shape index (κ3) is 4.07. The molecule has 5 nitrogen and oxygen atoms in total. The molecule has 0 bridgehead atoms. The Bertz CT molecular complexity index is 379. The number of hydrogen-bond donors (Lipinski definition) is 3. The molecule has 0 aliphatic carbocycles. The van der Waals surface area contributed by atoms with Crippen molar-refractivity contribution >= 4 is 17.7 Å². The molecule has 1 atom stereocenters. The molecule has 1 rings (SSSR count). The first kappa shape index (κ1) is 14.1. The number of aryl methyl sites for hydroxylation is 1. The Labute approximate surface area is 105 Å². The zero-order valence-corrected chi connectivity index (χ0v) is 10.8. The van der Waals surface area contributed by atoms with Gasteiger partial charge in [-0.2, -0.15) is 11.8 Å². The highest BCUT2D eigenvalue weighted by molar-refractivity contribution is 7.99. The Kier molecular flexibility index (Phi) is 5.54. The molecule has 17 heavy (non-hydrogen) atoms. The number of nitrogens with two attached hydrogens (primary N) is 1. The van der Waals surface area contributed by atoms with Gasteiger partial charge in [0.1, 0.15) is 5.76 Å². The van der Waals surface area contributed by atoms with Gasteiger partial charge in [-0.3, -0.25) is 10.2 Å². The number of aliphatic hydroxyl groups is 1. The summed E-state index contributed by atoms with van der Waals surface area (Å²) in [4.78, 5) is 11.2. The molecule has 0 aliphatic heterocycles. The average Bonchev–Trinajstić information content (AvgIpc) is 2.67. The summed E-state index contributed by atoms with van der Waals surface area (Å²) in [6.45, 7) is 4.07. The number of carbonyl (C=O) groups is 1. The molecular weight excluding hydrogens is 240 g/mol. The van der Waals surface area contributed by atoms with Crippen LogP contribution in [0.5, 0.6) is 0 Å². The van der Waals surface area contributed by atoms with E-state index in [9.17, 15) is 4.79 Å². The van der Waals surface area contributed by atoms with Gasteiger partial charge < -0.3 is 9.52 Å². The van der Waals surface area contributed by atoms with E-state index in [1.54, 1.807) is 17.8 Å². The first-order chi connectivity index (χ1) is 8.08. The summed E-state index contributed by atoms with van der Waals surface area (Å²) in [6, 6.07) is 1.70. The Balaban J connectivity index is 2.59. The lowest BCUT2D eigenvalue weighted by Crippen LogP contribution is -2.29. The Morgan fingerprint density at radius 3 is 3.00 bits per heavy atom. The smallest absolute Gasteiger partial charge is 0.300 e. The quantitative estimate of drug-likeness (QED) is 0.405. The van der Waals surface area contributed by atoms with E-state index < -0.39 is 5.91 Å². The van der Waals surface area contributed by atoms with Crippen LogP contribution in [0, 0.1) is 6.92 Å². The van der Waals surface area contributed by atoms with E-state index in [-0.39, 0.29) is 12.4 Å². The van der Waals surface area contributed by atoms with Crippen molar-refractivity contribution in [2.75, 3.05) is 6.61 Å². The van der Waals surface area contributed by atoms with Gasteiger partial charge in [-0.15, -0.1) is 0 Å². The fourth-order valence-electron chi connectivity index (χ4n) is 1.34. The van der Waals surface area contributed by atoms with Gasteiger partial charge in [0, 0.05) is 23.2 Å². The van der Waals surface area contributed by atoms with Gasteiger partial charge >= 0.3 is 5.91 Å². The number of hydrazine groups is 1. The van der Waals surface area contributed by atoms with Crippen molar-refractivity contribution < 1.29 is 14.3 Å². The predicted molar refractivity (Wildman–Crippen MR) is 67.6 cm³/mol. The lowest BCUT2D eigenvalue weighted by atomic mass is 10.3. The second kappa shape index (κ2) is 6.68. The van der Waals surface area contributed by atoms with Gasteiger partial charge in [0.15, 0.2) is 5.76 Å². The molecule has 96 valence electrons. The molecular formula is C11H18N2O3S.